The number of halogens is 5. The number of nitrogens with two attached hydrogens (primary N) is 1. The van der Waals surface area contributed by atoms with E-state index in [1.807, 2.05) is 0 Å². The summed E-state index contributed by atoms with van der Waals surface area (Å²) in [4.78, 5) is 13.1. The van der Waals surface area contributed by atoms with Gasteiger partial charge in [0.05, 0.1) is 34.9 Å². The number of rotatable bonds is 6. The number of carbonyl (C=O) groups is 1. The normalized spacial score (nSPS) is 38.6. The zero-order valence-corrected chi connectivity index (χ0v) is 19.7. The van der Waals surface area contributed by atoms with Gasteiger partial charge in [-0.05, 0) is 51.4 Å². The molecule has 3 aliphatic carbocycles. The summed E-state index contributed by atoms with van der Waals surface area (Å²) in [5.41, 5.74) is 0. The van der Waals surface area contributed by atoms with E-state index in [4.69, 9.17) is 21.5 Å². The van der Waals surface area contributed by atoms with Crippen LogP contribution in [0.1, 0.15) is 64.2 Å². The molecule has 3 rings (SSSR count). The number of alkyl halides is 5. The van der Waals surface area contributed by atoms with E-state index in [-0.39, 0.29) is 38.5 Å². The first-order chi connectivity index (χ1) is 15.3. The molecule has 13 heteroatoms. The van der Waals surface area contributed by atoms with Crippen molar-refractivity contribution in [2.45, 2.75) is 112 Å². The van der Waals surface area contributed by atoms with E-state index >= 15 is 0 Å². The van der Waals surface area contributed by atoms with E-state index in [9.17, 15) is 30.8 Å². The predicted molar refractivity (Wildman–Crippen MR) is 113 cm³/mol. The summed E-state index contributed by atoms with van der Waals surface area (Å²) in [5.74, 6) is -1.16. The highest BCUT2D eigenvalue weighted by Gasteiger charge is 2.44. The number of carbonyl (C=O) groups excluding carboxylic acids is 1. The first-order valence-corrected chi connectivity index (χ1v) is 13.4. The average molecular weight is 523 g/mol. The van der Waals surface area contributed by atoms with Crippen molar-refractivity contribution >= 4 is 27.5 Å². The van der Waals surface area contributed by atoms with Gasteiger partial charge in [0, 0.05) is 12.5 Å². The van der Waals surface area contributed by atoms with Crippen LogP contribution < -0.4 is 10.5 Å². The SMILES string of the molecule is NS(=O)(=O)C1CCCC(NC(=O)C2CCC(OC(F)(F)F)CC2OC2CCC(F)CC2Cl)C1. The number of hydrogen-bond donors (Lipinski definition) is 2. The molecular formula is C20H31ClF4N2O5S. The van der Waals surface area contributed by atoms with Gasteiger partial charge in [0.2, 0.25) is 15.9 Å². The van der Waals surface area contributed by atoms with Gasteiger partial charge in [-0.25, -0.2) is 17.9 Å². The summed E-state index contributed by atoms with van der Waals surface area (Å²) in [6, 6.07) is -0.401. The third kappa shape index (κ3) is 7.91. The van der Waals surface area contributed by atoms with Crippen LogP contribution in [0.2, 0.25) is 0 Å². The smallest absolute Gasteiger partial charge is 0.373 e. The fourth-order valence-corrected chi connectivity index (χ4v) is 6.51. The van der Waals surface area contributed by atoms with Crippen LogP contribution >= 0.6 is 11.6 Å². The van der Waals surface area contributed by atoms with Crippen molar-refractivity contribution in [3.63, 3.8) is 0 Å². The molecule has 3 fully saturated rings. The molecule has 0 bridgehead atoms. The molecule has 1 amide bonds. The highest BCUT2D eigenvalue weighted by Crippen LogP contribution is 2.37. The Hall–Kier alpha value is -0.690. The van der Waals surface area contributed by atoms with Crippen molar-refractivity contribution in [2.75, 3.05) is 0 Å². The topological polar surface area (TPSA) is 108 Å². The molecular weight excluding hydrogens is 492 g/mol. The zero-order valence-electron chi connectivity index (χ0n) is 18.1. The lowest BCUT2D eigenvalue weighted by atomic mass is 9.82. The predicted octanol–water partition coefficient (Wildman–Crippen LogP) is 3.29. The minimum Gasteiger partial charge on any atom is -0.373 e. The zero-order chi connectivity index (χ0) is 24.4. The number of ether oxygens (including phenoxy) is 2. The summed E-state index contributed by atoms with van der Waals surface area (Å²) in [6.45, 7) is 0. The van der Waals surface area contributed by atoms with E-state index in [1.54, 1.807) is 0 Å². The summed E-state index contributed by atoms with van der Waals surface area (Å²) < 4.78 is 85.5. The lowest BCUT2D eigenvalue weighted by Crippen LogP contribution is -2.51. The molecule has 0 aromatic rings. The minimum absolute atomic E-state index is 0.0173. The average Bonchev–Trinajstić information content (AvgIpc) is 2.68. The van der Waals surface area contributed by atoms with Crippen molar-refractivity contribution in [2.24, 2.45) is 11.1 Å². The van der Waals surface area contributed by atoms with Crippen LogP contribution in [0.25, 0.3) is 0 Å². The highest BCUT2D eigenvalue weighted by molar-refractivity contribution is 7.89. The number of hydrogen-bond acceptors (Lipinski definition) is 5. The fourth-order valence-electron chi connectivity index (χ4n) is 5.14. The molecule has 3 aliphatic rings. The Kier molecular flexibility index (Phi) is 8.91. The Bertz CT molecular complexity index is 787. The maximum Gasteiger partial charge on any atom is 0.522 e. The van der Waals surface area contributed by atoms with Gasteiger partial charge >= 0.3 is 6.36 Å². The molecule has 0 aromatic carbocycles. The van der Waals surface area contributed by atoms with Gasteiger partial charge in [-0.2, -0.15) is 0 Å². The molecule has 8 unspecified atom stereocenters. The largest absolute Gasteiger partial charge is 0.522 e. The molecule has 3 N–H and O–H groups in total. The number of primary sulfonamides is 1. The van der Waals surface area contributed by atoms with Crippen molar-refractivity contribution in [1.29, 1.82) is 0 Å². The van der Waals surface area contributed by atoms with Crippen molar-refractivity contribution in [3.8, 4) is 0 Å². The summed E-state index contributed by atoms with van der Waals surface area (Å²) in [7, 11) is -3.73. The molecule has 3 saturated carbocycles. The molecule has 7 nitrogen and oxygen atoms in total. The summed E-state index contributed by atoms with van der Waals surface area (Å²) in [6.07, 6.45) is -6.12. The first kappa shape index (κ1) is 26.9. The Morgan fingerprint density at radius 3 is 2.36 bits per heavy atom. The lowest BCUT2D eigenvalue weighted by Gasteiger charge is -2.40. The van der Waals surface area contributed by atoms with E-state index in [0.717, 1.165) is 0 Å². The van der Waals surface area contributed by atoms with Gasteiger partial charge in [-0.15, -0.1) is 24.8 Å². The van der Waals surface area contributed by atoms with Gasteiger partial charge in [0.1, 0.15) is 6.17 Å². The van der Waals surface area contributed by atoms with Crippen LogP contribution in [-0.4, -0.2) is 61.8 Å². The monoisotopic (exact) mass is 522 g/mol. The molecule has 0 aliphatic heterocycles. The Morgan fingerprint density at radius 2 is 1.73 bits per heavy atom. The van der Waals surface area contributed by atoms with Gasteiger partial charge in [-0.3, -0.25) is 9.53 Å². The Labute approximate surface area is 196 Å². The number of sulfonamides is 1. The number of nitrogens with one attached hydrogen (secondary N) is 1. The van der Waals surface area contributed by atoms with Crippen molar-refractivity contribution < 1.29 is 40.2 Å². The summed E-state index contributed by atoms with van der Waals surface area (Å²) in [5, 5.41) is 6.71. The third-order valence-electron chi connectivity index (χ3n) is 6.82. The molecule has 0 spiro atoms. The minimum atomic E-state index is -4.81. The second kappa shape index (κ2) is 10.9. The van der Waals surface area contributed by atoms with E-state index in [2.05, 4.69) is 10.1 Å². The quantitative estimate of drug-likeness (QED) is 0.411. The molecule has 8 atom stereocenters. The Morgan fingerprint density at radius 1 is 1.00 bits per heavy atom. The highest BCUT2D eigenvalue weighted by atomic mass is 35.5. The van der Waals surface area contributed by atoms with E-state index < -0.39 is 69.4 Å². The van der Waals surface area contributed by atoms with Crippen LogP contribution in [0.15, 0.2) is 0 Å². The van der Waals surface area contributed by atoms with Crippen molar-refractivity contribution in [1.82, 2.24) is 5.32 Å². The second-order valence-electron chi connectivity index (χ2n) is 9.33. The standard InChI is InChI=1S/C20H31ClF4N2O5S/c21-16-8-11(22)4-7-17(16)31-18-10-13(32-20(23,24)25)5-6-15(18)19(28)27-12-2-1-3-14(9-12)33(26,29)30/h11-18H,1-10H2,(H,27,28)(H2,26,29,30). The van der Waals surface area contributed by atoms with Crippen LogP contribution in [0.3, 0.4) is 0 Å². The van der Waals surface area contributed by atoms with Crippen LogP contribution in [-0.2, 0) is 24.3 Å². The first-order valence-electron chi connectivity index (χ1n) is 11.3. The number of amides is 1. The van der Waals surface area contributed by atoms with E-state index in [1.165, 1.54) is 0 Å². The molecule has 192 valence electrons. The summed E-state index contributed by atoms with van der Waals surface area (Å²) >= 11 is 6.24. The van der Waals surface area contributed by atoms with Gasteiger partial charge in [0.25, 0.3) is 0 Å². The van der Waals surface area contributed by atoms with Gasteiger partial charge in [0.15, 0.2) is 0 Å². The maximum atomic E-state index is 13.6. The van der Waals surface area contributed by atoms with E-state index in [0.29, 0.717) is 25.7 Å². The van der Waals surface area contributed by atoms with Crippen LogP contribution in [0.5, 0.6) is 0 Å². The fraction of sp³-hybridized carbons (Fsp3) is 0.950. The maximum absolute atomic E-state index is 13.6. The van der Waals surface area contributed by atoms with Crippen molar-refractivity contribution in [3.05, 3.63) is 0 Å². The van der Waals surface area contributed by atoms with Crippen LogP contribution in [0.4, 0.5) is 17.6 Å². The molecule has 0 saturated heterocycles. The van der Waals surface area contributed by atoms with Gasteiger partial charge < -0.3 is 10.1 Å². The van der Waals surface area contributed by atoms with Gasteiger partial charge in [-0.1, -0.05) is 6.42 Å². The third-order valence-corrected chi connectivity index (χ3v) is 8.63. The Balaban J connectivity index is 1.67. The van der Waals surface area contributed by atoms with Crippen LogP contribution in [0, 0.1) is 5.92 Å². The second-order valence-corrected chi connectivity index (χ2v) is 11.7. The lowest BCUT2D eigenvalue weighted by molar-refractivity contribution is -0.348. The molecule has 33 heavy (non-hydrogen) atoms. The molecule has 0 heterocycles. The molecule has 0 aromatic heterocycles. The molecule has 0 radical (unpaired) electrons.